The summed E-state index contributed by atoms with van der Waals surface area (Å²) in [4.78, 5) is 21.5. The Hall–Kier alpha value is -2.92. The summed E-state index contributed by atoms with van der Waals surface area (Å²) < 4.78 is 62.8. The maximum Gasteiger partial charge on any atom is 0.257 e. The Bertz CT molecular complexity index is 1160. The monoisotopic (exact) mass is 507 g/mol. The van der Waals surface area contributed by atoms with E-state index in [1.54, 1.807) is 13.2 Å². The van der Waals surface area contributed by atoms with Crippen molar-refractivity contribution in [1.29, 1.82) is 0 Å². The van der Waals surface area contributed by atoms with Crippen LogP contribution in [0.1, 0.15) is 31.2 Å². The molecule has 1 heterocycles. The number of methoxy groups -OCH3 is 1. The van der Waals surface area contributed by atoms with Gasteiger partial charge < -0.3 is 14.8 Å². The van der Waals surface area contributed by atoms with Gasteiger partial charge in [-0.05, 0) is 49.3 Å². The highest BCUT2D eigenvalue weighted by molar-refractivity contribution is 7.92. The molecule has 0 radical (unpaired) electrons. The molecule has 0 bridgehead atoms. The number of rotatable bonds is 10. The van der Waals surface area contributed by atoms with Crippen molar-refractivity contribution in [2.75, 3.05) is 25.6 Å². The lowest BCUT2D eigenvalue weighted by Crippen LogP contribution is -2.16. The van der Waals surface area contributed by atoms with Gasteiger partial charge in [0.2, 0.25) is 5.88 Å². The Labute approximate surface area is 202 Å². The predicted molar refractivity (Wildman–Crippen MR) is 125 cm³/mol. The molecular formula is C24H27F2N3O5S. The first-order valence-corrected chi connectivity index (χ1v) is 12.9. The van der Waals surface area contributed by atoms with Crippen molar-refractivity contribution in [2.45, 2.75) is 48.2 Å². The summed E-state index contributed by atoms with van der Waals surface area (Å²) in [5.41, 5.74) is 0.608. The van der Waals surface area contributed by atoms with Gasteiger partial charge in [-0.25, -0.2) is 27.2 Å². The fraction of sp³-hybridized carbons (Fsp3) is 0.458. The highest BCUT2D eigenvalue weighted by Crippen LogP contribution is 2.36. The molecule has 4 rings (SSSR count). The Morgan fingerprint density at radius 1 is 1.09 bits per heavy atom. The number of sulfone groups is 1. The van der Waals surface area contributed by atoms with E-state index in [2.05, 4.69) is 15.3 Å². The molecule has 1 amide bonds. The third-order valence-corrected chi connectivity index (χ3v) is 8.24. The van der Waals surface area contributed by atoms with Crippen LogP contribution in [0.2, 0.25) is 0 Å². The number of amides is 1. The molecule has 1 aromatic heterocycles. The average Bonchev–Trinajstić information content (AvgIpc) is 3.65. The number of nitrogens with zero attached hydrogens (tertiary/aromatic N) is 2. The minimum atomic E-state index is -3.38. The maximum atomic E-state index is 13.8. The molecule has 0 aliphatic heterocycles. The number of hydrogen-bond acceptors (Lipinski definition) is 7. The van der Waals surface area contributed by atoms with Crippen molar-refractivity contribution in [3.05, 3.63) is 48.3 Å². The van der Waals surface area contributed by atoms with Crippen LogP contribution in [0.3, 0.4) is 0 Å². The van der Waals surface area contributed by atoms with E-state index in [-0.39, 0.29) is 40.3 Å². The summed E-state index contributed by atoms with van der Waals surface area (Å²) in [6.45, 7) is 0.679. The van der Waals surface area contributed by atoms with E-state index in [4.69, 9.17) is 9.47 Å². The molecule has 1 aromatic carbocycles. The quantitative estimate of drug-likeness (QED) is 0.387. The SMILES string of the molecule is COCCOc1cnc(NC(=O)C(=CC2C[C@@H](F)[C@@H](F)C2)c2ccc(S(=O)(=O)C3CC3)cc2)cn1. The van der Waals surface area contributed by atoms with Crippen LogP contribution >= 0.6 is 0 Å². The van der Waals surface area contributed by atoms with E-state index in [1.165, 1.54) is 36.7 Å². The third kappa shape index (κ3) is 6.21. The topological polar surface area (TPSA) is 107 Å². The first-order chi connectivity index (χ1) is 16.8. The minimum absolute atomic E-state index is 0.0284. The molecule has 0 saturated heterocycles. The second-order valence-corrected chi connectivity index (χ2v) is 10.9. The maximum absolute atomic E-state index is 13.8. The molecule has 1 N–H and O–H groups in total. The van der Waals surface area contributed by atoms with E-state index < -0.39 is 34.0 Å². The number of halogens is 2. The molecule has 2 fully saturated rings. The van der Waals surface area contributed by atoms with Crippen LogP contribution in [0, 0.1) is 5.92 Å². The molecule has 35 heavy (non-hydrogen) atoms. The van der Waals surface area contributed by atoms with Gasteiger partial charge in [0.15, 0.2) is 15.7 Å². The summed E-state index contributed by atoms with van der Waals surface area (Å²) in [6, 6.07) is 5.99. The van der Waals surface area contributed by atoms with Gasteiger partial charge in [-0.2, -0.15) is 0 Å². The van der Waals surface area contributed by atoms with Crippen LogP contribution in [0.15, 0.2) is 47.6 Å². The predicted octanol–water partition coefficient (Wildman–Crippen LogP) is 3.55. The lowest BCUT2D eigenvalue weighted by molar-refractivity contribution is -0.111. The van der Waals surface area contributed by atoms with E-state index in [0.29, 0.717) is 31.6 Å². The van der Waals surface area contributed by atoms with E-state index in [1.807, 2.05) is 0 Å². The Kier molecular flexibility index (Phi) is 7.75. The Morgan fingerprint density at radius 3 is 2.34 bits per heavy atom. The highest BCUT2D eigenvalue weighted by atomic mass is 32.2. The number of ether oxygens (including phenoxy) is 2. The van der Waals surface area contributed by atoms with Crippen LogP contribution in [-0.4, -0.2) is 62.2 Å². The Morgan fingerprint density at radius 2 is 1.77 bits per heavy atom. The summed E-state index contributed by atoms with van der Waals surface area (Å²) in [5.74, 6) is -0.607. The lowest BCUT2D eigenvalue weighted by Gasteiger charge is -2.13. The molecule has 0 spiro atoms. The van der Waals surface area contributed by atoms with Crippen molar-refractivity contribution in [2.24, 2.45) is 5.92 Å². The smallest absolute Gasteiger partial charge is 0.257 e. The molecule has 188 valence electrons. The van der Waals surface area contributed by atoms with Gasteiger partial charge in [0.25, 0.3) is 5.91 Å². The largest absolute Gasteiger partial charge is 0.474 e. The van der Waals surface area contributed by atoms with Gasteiger partial charge in [0.05, 0.1) is 29.1 Å². The third-order valence-electron chi connectivity index (χ3n) is 5.96. The summed E-state index contributed by atoms with van der Waals surface area (Å²) in [7, 11) is -1.84. The normalized spacial score (nSPS) is 22.7. The molecule has 8 nitrogen and oxygen atoms in total. The van der Waals surface area contributed by atoms with Crippen molar-refractivity contribution in [3.63, 3.8) is 0 Å². The van der Waals surface area contributed by atoms with E-state index in [9.17, 15) is 22.0 Å². The zero-order valence-electron chi connectivity index (χ0n) is 19.2. The number of carbonyl (C=O) groups is 1. The van der Waals surface area contributed by atoms with Crippen molar-refractivity contribution < 1.29 is 31.5 Å². The molecule has 2 aliphatic carbocycles. The van der Waals surface area contributed by atoms with Gasteiger partial charge in [0.1, 0.15) is 19.0 Å². The van der Waals surface area contributed by atoms with Crippen LogP contribution in [-0.2, 0) is 19.4 Å². The van der Waals surface area contributed by atoms with Crippen molar-refractivity contribution in [3.8, 4) is 5.88 Å². The lowest BCUT2D eigenvalue weighted by atomic mass is 9.98. The minimum Gasteiger partial charge on any atom is -0.474 e. The number of alkyl halides is 2. The zero-order valence-corrected chi connectivity index (χ0v) is 20.0. The molecule has 2 aliphatic rings. The van der Waals surface area contributed by atoms with Crippen LogP contribution in [0.5, 0.6) is 5.88 Å². The fourth-order valence-corrected chi connectivity index (χ4v) is 5.57. The number of benzene rings is 1. The standard InChI is InChI=1S/C24H27F2N3O5S/c1-33-8-9-34-23-14-27-22(13-28-23)29-24(30)19(10-15-11-20(25)21(26)12-15)16-2-4-17(5-3-16)35(31,32)18-6-7-18/h2-5,10,13-15,18,20-21H,6-9,11-12H2,1H3,(H,27,29,30)/t15?,20-,21+. The zero-order chi connectivity index (χ0) is 25.0. The van der Waals surface area contributed by atoms with Gasteiger partial charge in [-0.15, -0.1) is 0 Å². The summed E-state index contributed by atoms with van der Waals surface area (Å²) in [5, 5.41) is 2.28. The van der Waals surface area contributed by atoms with Gasteiger partial charge in [0, 0.05) is 12.7 Å². The van der Waals surface area contributed by atoms with Crippen LogP contribution in [0.4, 0.5) is 14.6 Å². The first kappa shape index (κ1) is 25.2. The molecule has 3 atom stereocenters. The van der Waals surface area contributed by atoms with Gasteiger partial charge >= 0.3 is 0 Å². The van der Waals surface area contributed by atoms with Crippen LogP contribution in [0.25, 0.3) is 5.57 Å². The molecule has 2 saturated carbocycles. The number of hydrogen-bond donors (Lipinski definition) is 1. The van der Waals surface area contributed by atoms with Crippen molar-refractivity contribution >= 4 is 27.1 Å². The Balaban J connectivity index is 1.54. The molecule has 2 aromatic rings. The van der Waals surface area contributed by atoms with Crippen LogP contribution < -0.4 is 10.1 Å². The summed E-state index contributed by atoms with van der Waals surface area (Å²) in [6.07, 6.45) is 2.29. The molecular weight excluding hydrogens is 480 g/mol. The summed E-state index contributed by atoms with van der Waals surface area (Å²) >= 11 is 0. The number of aromatic nitrogens is 2. The first-order valence-electron chi connectivity index (χ1n) is 11.4. The highest BCUT2D eigenvalue weighted by Gasteiger charge is 2.37. The van der Waals surface area contributed by atoms with Gasteiger partial charge in [-0.3, -0.25) is 4.79 Å². The second kappa shape index (κ2) is 10.8. The molecule has 11 heteroatoms. The fourth-order valence-electron chi connectivity index (χ4n) is 3.91. The number of nitrogens with one attached hydrogen (secondary N) is 1. The van der Waals surface area contributed by atoms with Gasteiger partial charge in [-0.1, -0.05) is 18.2 Å². The number of anilines is 1. The second-order valence-electron chi connectivity index (χ2n) is 8.65. The average molecular weight is 508 g/mol. The van der Waals surface area contributed by atoms with Crippen molar-refractivity contribution in [1.82, 2.24) is 9.97 Å². The van der Waals surface area contributed by atoms with E-state index in [0.717, 1.165) is 0 Å². The number of allylic oxidation sites excluding steroid dienone is 1. The van der Waals surface area contributed by atoms with E-state index >= 15 is 0 Å². The number of carbonyl (C=O) groups excluding carboxylic acids is 1. The molecule has 1 unspecified atom stereocenters.